The molecule has 0 radical (unpaired) electrons. The van der Waals surface area contributed by atoms with E-state index in [4.69, 9.17) is 0 Å². The van der Waals surface area contributed by atoms with E-state index in [2.05, 4.69) is 4.98 Å². The van der Waals surface area contributed by atoms with Gasteiger partial charge >= 0.3 is 12.0 Å². The summed E-state index contributed by atoms with van der Waals surface area (Å²) in [7, 11) is 0. The number of alkyl halides is 3. The van der Waals surface area contributed by atoms with Gasteiger partial charge in [0.2, 0.25) is 6.33 Å². The Hall–Kier alpha value is -2.38. The lowest BCUT2D eigenvalue weighted by Crippen LogP contribution is -2.07. The van der Waals surface area contributed by atoms with Crippen LogP contribution in [0, 0.1) is 10.1 Å². The van der Waals surface area contributed by atoms with Gasteiger partial charge in [0, 0.05) is 0 Å². The summed E-state index contributed by atoms with van der Waals surface area (Å²) in [6, 6.07) is 4.31. The predicted molar refractivity (Wildman–Crippen MR) is 64.1 cm³/mol. The quantitative estimate of drug-likeness (QED) is 0.641. The molecule has 0 aliphatic rings. The van der Waals surface area contributed by atoms with Crippen molar-refractivity contribution in [3.8, 4) is 0 Å². The Morgan fingerprint density at radius 2 is 1.90 bits per heavy atom. The van der Waals surface area contributed by atoms with E-state index in [1.165, 1.54) is 29.2 Å². The van der Waals surface area contributed by atoms with E-state index in [0.717, 1.165) is 12.1 Å². The fraction of sp³-hybridized carbons (Fsp3) is 0.250. The summed E-state index contributed by atoms with van der Waals surface area (Å²) in [4.78, 5) is 13.5. The van der Waals surface area contributed by atoms with Crippen molar-refractivity contribution in [2.45, 2.75) is 19.1 Å². The summed E-state index contributed by atoms with van der Waals surface area (Å²) in [5, 5.41) is 10.5. The largest absolute Gasteiger partial charge is 0.416 e. The molecule has 1 aromatic carbocycles. The van der Waals surface area contributed by atoms with Gasteiger partial charge in [-0.1, -0.05) is 12.1 Å². The number of hydrogen-bond acceptors (Lipinski definition) is 3. The molecule has 0 amide bonds. The zero-order chi connectivity index (χ0) is 14.9. The van der Waals surface area contributed by atoms with E-state index in [9.17, 15) is 23.3 Å². The predicted octanol–water partition coefficient (Wildman–Crippen LogP) is 3.42. The van der Waals surface area contributed by atoms with E-state index in [1.54, 1.807) is 6.92 Å². The Labute approximate surface area is 111 Å². The summed E-state index contributed by atoms with van der Waals surface area (Å²) in [5.41, 5.74) is -0.129. The Bertz CT molecular complexity index is 620. The number of imidazole rings is 1. The smallest absolute Gasteiger partial charge is 0.358 e. The fourth-order valence-corrected chi connectivity index (χ4v) is 1.75. The highest BCUT2D eigenvalue weighted by molar-refractivity contribution is 5.27. The van der Waals surface area contributed by atoms with Gasteiger partial charge in [0.1, 0.15) is 6.20 Å². The molecule has 0 fully saturated rings. The molecule has 5 nitrogen and oxygen atoms in total. The van der Waals surface area contributed by atoms with Gasteiger partial charge in [-0.05, 0) is 34.5 Å². The minimum Gasteiger partial charge on any atom is -0.358 e. The maximum Gasteiger partial charge on any atom is 0.416 e. The topological polar surface area (TPSA) is 61.0 Å². The third-order valence-corrected chi connectivity index (χ3v) is 2.94. The highest BCUT2D eigenvalue weighted by Crippen LogP contribution is 2.30. The van der Waals surface area contributed by atoms with Crippen LogP contribution in [0.5, 0.6) is 0 Å². The van der Waals surface area contributed by atoms with Crippen molar-refractivity contribution >= 4 is 5.82 Å². The number of nitro groups is 1. The number of rotatable bonds is 3. The molecule has 0 aliphatic heterocycles. The van der Waals surface area contributed by atoms with Gasteiger partial charge in [-0.3, -0.25) is 0 Å². The van der Waals surface area contributed by atoms with E-state index < -0.39 is 16.7 Å². The SMILES string of the molecule is CC(c1ccc(C(F)(F)F)cc1)n1cnc([N+](=O)[O-])c1. The lowest BCUT2D eigenvalue weighted by atomic mass is 10.1. The molecule has 0 N–H and O–H groups in total. The first kappa shape index (κ1) is 14.0. The molecule has 1 aromatic heterocycles. The van der Waals surface area contributed by atoms with Crippen LogP contribution < -0.4 is 0 Å². The molecule has 8 heteroatoms. The van der Waals surface area contributed by atoms with Gasteiger partial charge in [0.15, 0.2) is 0 Å². The van der Waals surface area contributed by atoms with Crippen LogP contribution in [-0.2, 0) is 6.18 Å². The Kier molecular flexibility index (Phi) is 3.47. The van der Waals surface area contributed by atoms with Crippen molar-refractivity contribution in [3.63, 3.8) is 0 Å². The Morgan fingerprint density at radius 1 is 1.30 bits per heavy atom. The summed E-state index contributed by atoms with van der Waals surface area (Å²) >= 11 is 0. The van der Waals surface area contributed by atoms with Gasteiger partial charge in [-0.15, -0.1) is 0 Å². The lowest BCUT2D eigenvalue weighted by molar-refractivity contribution is -0.389. The molecular formula is C12H10F3N3O2. The molecule has 1 atom stereocenters. The molecule has 1 unspecified atom stereocenters. The van der Waals surface area contributed by atoms with Crippen molar-refractivity contribution in [3.05, 3.63) is 58.0 Å². The third-order valence-electron chi connectivity index (χ3n) is 2.94. The molecule has 2 aromatic rings. The minimum absolute atomic E-state index is 0.302. The van der Waals surface area contributed by atoms with Crippen LogP contribution in [0.1, 0.15) is 24.1 Å². The summed E-state index contributed by atoms with van der Waals surface area (Å²) in [6.45, 7) is 1.72. The van der Waals surface area contributed by atoms with Crippen LogP contribution in [0.3, 0.4) is 0 Å². The molecule has 20 heavy (non-hydrogen) atoms. The molecule has 0 saturated heterocycles. The van der Waals surface area contributed by atoms with E-state index in [1.807, 2.05) is 0 Å². The van der Waals surface area contributed by atoms with Crippen molar-refractivity contribution in [2.75, 3.05) is 0 Å². The highest BCUT2D eigenvalue weighted by Gasteiger charge is 2.30. The first-order valence-corrected chi connectivity index (χ1v) is 5.64. The molecule has 0 saturated carbocycles. The molecule has 0 spiro atoms. The number of halogens is 3. The average Bonchev–Trinajstić information content (AvgIpc) is 2.86. The monoisotopic (exact) mass is 285 g/mol. The van der Waals surface area contributed by atoms with E-state index in [-0.39, 0.29) is 11.9 Å². The normalized spacial score (nSPS) is 13.2. The molecule has 1 heterocycles. The summed E-state index contributed by atoms with van der Waals surface area (Å²) < 4.78 is 38.8. The Morgan fingerprint density at radius 3 is 2.35 bits per heavy atom. The minimum atomic E-state index is -4.38. The molecule has 0 bridgehead atoms. The lowest BCUT2D eigenvalue weighted by Gasteiger charge is -2.13. The van der Waals surface area contributed by atoms with E-state index >= 15 is 0 Å². The second-order valence-corrected chi connectivity index (χ2v) is 4.23. The molecule has 106 valence electrons. The summed E-state index contributed by atoms with van der Waals surface area (Å²) in [6.07, 6.45) is -1.86. The fourth-order valence-electron chi connectivity index (χ4n) is 1.75. The Balaban J connectivity index is 2.24. The van der Waals surface area contributed by atoms with E-state index in [0.29, 0.717) is 5.56 Å². The van der Waals surface area contributed by atoms with Gasteiger partial charge < -0.3 is 14.7 Å². The van der Waals surface area contributed by atoms with Gasteiger partial charge in [-0.25, -0.2) is 0 Å². The summed E-state index contributed by atoms with van der Waals surface area (Å²) in [5.74, 6) is -0.302. The number of benzene rings is 1. The zero-order valence-corrected chi connectivity index (χ0v) is 10.3. The maximum atomic E-state index is 12.4. The van der Waals surface area contributed by atoms with Crippen LogP contribution in [0.4, 0.5) is 19.0 Å². The molecular weight excluding hydrogens is 275 g/mol. The van der Waals surface area contributed by atoms with Gasteiger partial charge in [-0.2, -0.15) is 13.2 Å². The highest BCUT2D eigenvalue weighted by atomic mass is 19.4. The van der Waals surface area contributed by atoms with Crippen LogP contribution in [0.25, 0.3) is 0 Å². The van der Waals surface area contributed by atoms with Crippen molar-refractivity contribution in [1.82, 2.24) is 9.55 Å². The molecule has 2 rings (SSSR count). The van der Waals surface area contributed by atoms with Gasteiger partial charge in [0.25, 0.3) is 0 Å². The van der Waals surface area contributed by atoms with Crippen LogP contribution in [0.15, 0.2) is 36.8 Å². The first-order chi connectivity index (χ1) is 9.29. The third kappa shape index (κ3) is 2.79. The van der Waals surface area contributed by atoms with Crippen LogP contribution >= 0.6 is 0 Å². The van der Waals surface area contributed by atoms with Crippen LogP contribution in [-0.4, -0.2) is 14.5 Å². The zero-order valence-electron chi connectivity index (χ0n) is 10.3. The standard InChI is InChI=1S/C12H10F3N3O2/c1-8(17-6-11(16-7-17)18(19)20)9-2-4-10(5-3-9)12(13,14)15/h2-8H,1H3. The van der Waals surface area contributed by atoms with Gasteiger partial charge in [0.05, 0.1) is 11.6 Å². The first-order valence-electron chi connectivity index (χ1n) is 5.64. The molecule has 0 aliphatic carbocycles. The van der Waals surface area contributed by atoms with Crippen molar-refractivity contribution in [2.24, 2.45) is 0 Å². The van der Waals surface area contributed by atoms with Crippen LogP contribution in [0.2, 0.25) is 0 Å². The van der Waals surface area contributed by atoms with Crippen molar-refractivity contribution < 1.29 is 18.1 Å². The second kappa shape index (κ2) is 4.95. The second-order valence-electron chi connectivity index (χ2n) is 4.23. The maximum absolute atomic E-state index is 12.4. The average molecular weight is 285 g/mol. The number of nitrogens with zero attached hydrogens (tertiary/aromatic N) is 3. The number of hydrogen-bond donors (Lipinski definition) is 0. The van der Waals surface area contributed by atoms with Crippen molar-refractivity contribution in [1.29, 1.82) is 0 Å². The number of aromatic nitrogens is 2.